The number of urea groups is 1. The van der Waals surface area contributed by atoms with Gasteiger partial charge in [0.1, 0.15) is 23.7 Å². The fourth-order valence-corrected chi connectivity index (χ4v) is 3.87. The predicted octanol–water partition coefficient (Wildman–Crippen LogP) is 1.62. The van der Waals surface area contributed by atoms with Gasteiger partial charge in [-0.05, 0) is 18.4 Å². The molecule has 2 unspecified atom stereocenters. The summed E-state index contributed by atoms with van der Waals surface area (Å²) in [5.41, 5.74) is 0.670. The molecule has 2 aliphatic rings. The quantitative estimate of drug-likeness (QED) is 0.754. The van der Waals surface area contributed by atoms with Crippen molar-refractivity contribution < 1.29 is 19.1 Å². The van der Waals surface area contributed by atoms with Crippen molar-refractivity contribution in [2.45, 2.75) is 25.0 Å². The minimum absolute atomic E-state index is 0.0780. The molecule has 1 aromatic carbocycles. The monoisotopic (exact) mass is 387 g/mol. The topological polar surface area (TPSA) is 114 Å². The van der Waals surface area contributed by atoms with Crippen LogP contribution in [0.1, 0.15) is 35.6 Å². The van der Waals surface area contributed by atoms with E-state index in [0.29, 0.717) is 22.3 Å². The number of aromatic nitrogens is 2. The van der Waals surface area contributed by atoms with Gasteiger partial charge >= 0.3 is 6.03 Å². The Morgan fingerprint density at radius 3 is 2.85 bits per heavy atom. The van der Waals surface area contributed by atoms with Crippen LogP contribution in [-0.2, 0) is 14.3 Å². The zero-order chi connectivity index (χ0) is 18.8. The average Bonchev–Trinajstić information content (AvgIpc) is 3.40. The summed E-state index contributed by atoms with van der Waals surface area (Å²) in [6.07, 6.45) is 1.78. The van der Waals surface area contributed by atoms with Crippen molar-refractivity contribution in [2.24, 2.45) is 0 Å². The largest absolute Gasteiger partial charge is 0.371 e. The van der Waals surface area contributed by atoms with Crippen LogP contribution in [0.3, 0.4) is 0 Å². The smallest absolute Gasteiger partial charge is 0.325 e. The molecule has 4 rings (SSSR count). The summed E-state index contributed by atoms with van der Waals surface area (Å²) in [5.74, 6) is -0.971. The van der Waals surface area contributed by atoms with Gasteiger partial charge in [0.05, 0.1) is 0 Å². The molecule has 3 heterocycles. The number of anilines is 1. The Morgan fingerprint density at radius 2 is 2.11 bits per heavy atom. The van der Waals surface area contributed by atoms with Crippen LogP contribution in [0.2, 0.25) is 0 Å². The number of rotatable bonds is 5. The molecule has 4 amide bonds. The molecular weight excluding hydrogens is 370 g/mol. The third-order valence-electron chi connectivity index (χ3n) is 4.35. The molecule has 2 aliphatic heterocycles. The van der Waals surface area contributed by atoms with Gasteiger partial charge in [0, 0.05) is 6.61 Å². The summed E-state index contributed by atoms with van der Waals surface area (Å²) in [5, 5.41) is 14.2. The molecule has 9 nitrogen and oxygen atoms in total. The second-order valence-electron chi connectivity index (χ2n) is 6.21. The van der Waals surface area contributed by atoms with E-state index in [1.165, 1.54) is 11.3 Å². The Morgan fingerprint density at radius 1 is 1.30 bits per heavy atom. The highest BCUT2D eigenvalue weighted by molar-refractivity contribution is 7.15. The van der Waals surface area contributed by atoms with Crippen LogP contribution in [0.5, 0.6) is 0 Å². The molecule has 0 saturated carbocycles. The van der Waals surface area contributed by atoms with E-state index in [0.717, 1.165) is 17.7 Å². The summed E-state index contributed by atoms with van der Waals surface area (Å²) >= 11 is 1.23. The fraction of sp³-hybridized carbons (Fsp3) is 0.353. The zero-order valence-corrected chi connectivity index (χ0v) is 15.1. The predicted molar refractivity (Wildman–Crippen MR) is 95.9 cm³/mol. The van der Waals surface area contributed by atoms with Crippen molar-refractivity contribution in [3.8, 4) is 0 Å². The molecule has 2 aromatic rings. The van der Waals surface area contributed by atoms with Gasteiger partial charge in [0.25, 0.3) is 5.91 Å². The molecule has 0 spiro atoms. The Hall–Kier alpha value is -2.85. The van der Waals surface area contributed by atoms with Crippen LogP contribution in [-0.4, -0.2) is 46.1 Å². The number of amides is 4. The maximum absolute atomic E-state index is 12.5. The van der Waals surface area contributed by atoms with Gasteiger partial charge in [-0.15, -0.1) is 10.2 Å². The highest BCUT2D eigenvalue weighted by Crippen LogP contribution is 2.31. The van der Waals surface area contributed by atoms with E-state index in [-0.39, 0.29) is 12.6 Å². The number of carbonyl (C=O) groups is 3. The van der Waals surface area contributed by atoms with Crippen LogP contribution in [0, 0.1) is 0 Å². The lowest BCUT2D eigenvalue weighted by molar-refractivity contribution is -0.130. The van der Waals surface area contributed by atoms with E-state index < -0.39 is 23.9 Å². The number of imide groups is 1. The lowest BCUT2D eigenvalue weighted by Crippen LogP contribution is -2.38. The van der Waals surface area contributed by atoms with Gasteiger partial charge in [0.15, 0.2) is 0 Å². The number of hydrogen-bond donors (Lipinski definition) is 2. The van der Waals surface area contributed by atoms with Crippen LogP contribution in [0.25, 0.3) is 0 Å². The van der Waals surface area contributed by atoms with Gasteiger partial charge < -0.3 is 10.1 Å². The van der Waals surface area contributed by atoms with Crippen LogP contribution in [0.4, 0.5) is 9.93 Å². The summed E-state index contributed by atoms with van der Waals surface area (Å²) in [7, 11) is 0. The van der Waals surface area contributed by atoms with E-state index in [1.807, 2.05) is 6.07 Å². The van der Waals surface area contributed by atoms with Crippen molar-refractivity contribution in [1.82, 2.24) is 20.4 Å². The molecule has 0 bridgehead atoms. The first-order valence-corrected chi connectivity index (χ1v) is 9.35. The van der Waals surface area contributed by atoms with E-state index in [2.05, 4.69) is 20.8 Å². The zero-order valence-electron chi connectivity index (χ0n) is 14.3. The van der Waals surface area contributed by atoms with Gasteiger partial charge in [-0.25, -0.2) is 4.79 Å². The number of benzene rings is 1. The molecule has 2 saturated heterocycles. The third-order valence-corrected chi connectivity index (χ3v) is 5.28. The highest BCUT2D eigenvalue weighted by atomic mass is 32.1. The first-order valence-electron chi connectivity index (χ1n) is 8.53. The maximum Gasteiger partial charge on any atom is 0.325 e. The normalized spacial score (nSPS) is 22.1. The maximum atomic E-state index is 12.5. The van der Waals surface area contributed by atoms with E-state index in [4.69, 9.17) is 4.74 Å². The Labute approximate surface area is 158 Å². The fourth-order valence-electron chi connectivity index (χ4n) is 3.03. The lowest BCUT2D eigenvalue weighted by Gasteiger charge is -2.12. The Balaban J connectivity index is 1.38. The second-order valence-corrected chi connectivity index (χ2v) is 7.22. The van der Waals surface area contributed by atoms with Crippen LogP contribution in [0.15, 0.2) is 30.3 Å². The molecule has 2 fully saturated rings. The Kier molecular flexibility index (Phi) is 4.82. The van der Waals surface area contributed by atoms with Crippen molar-refractivity contribution in [2.75, 3.05) is 18.5 Å². The molecule has 10 heteroatoms. The summed E-state index contributed by atoms with van der Waals surface area (Å²) in [6, 6.07) is 7.51. The minimum Gasteiger partial charge on any atom is -0.371 e. The third kappa shape index (κ3) is 3.67. The standard InChI is InChI=1S/C17H17N5O4S/c23-12(18-16-21-20-14(27-16)11-7-4-8-26-11)9-22-15(24)13(19-17(22)25)10-5-2-1-3-6-10/h1-3,5-6,11,13H,4,7-9H2,(H,19,25)(H,18,21,23). The second kappa shape index (κ2) is 7.41. The first-order chi connectivity index (χ1) is 13.1. The summed E-state index contributed by atoms with van der Waals surface area (Å²) < 4.78 is 5.54. The Bertz CT molecular complexity index is 865. The number of nitrogens with one attached hydrogen (secondary N) is 2. The molecule has 0 radical (unpaired) electrons. The van der Waals surface area contributed by atoms with Crippen molar-refractivity contribution in [3.05, 3.63) is 40.9 Å². The summed E-state index contributed by atoms with van der Waals surface area (Å²) in [6.45, 7) is 0.309. The van der Waals surface area contributed by atoms with Crippen molar-refractivity contribution in [3.63, 3.8) is 0 Å². The van der Waals surface area contributed by atoms with E-state index in [1.54, 1.807) is 24.3 Å². The van der Waals surface area contributed by atoms with Crippen LogP contribution >= 0.6 is 11.3 Å². The first kappa shape index (κ1) is 17.6. The van der Waals surface area contributed by atoms with Crippen LogP contribution < -0.4 is 10.6 Å². The molecule has 27 heavy (non-hydrogen) atoms. The van der Waals surface area contributed by atoms with Gasteiger partial charge in [0.2, 0.25) is 11.0 Å². The van der Waals surface area contributed by atoms with Crippen molar-refractivity contribution in [1.29, 1.82) is 0 Å². The highest BCUT2D eigenvalue weighted by Gasteiger charge is 2.39. The van der Waals surface area contributed by atoms with Gasteiger partial charge in [-0.2, -0.15) is 0 Å². The van der Waals surface area contributed by atoms with E-state index >= 15 is 0 Å². The number of nitrogens with zero attached hydrogens (tertiary/aromatic N) is 3. The molecule has 0 aliphatic carbocycles. The molecule has 2 atom stereocenters. The molecular formula is C17H17N5O4S. The van der Waals surface area contributed by atoms with E-state index in [9.17, 15) is 14.4 Å². The molecule has 140 valence electrons. The molecule has 1 aromatic heterocycles. The minimum atomic E-state index is -0.779. The number of hydrogen-bond acceptors (Lipinski definition) is 7. The SMILES string of the molecule is O=C(CN1C(=O)NC(c2ccccc2)C1=O)Nc1nnc(C2CCCO2)s1. The number of carbonyl (C=O) groups excluding carboxylic acids is 3. The van der Waals surface area contributed by atoms with Crippen molar-refractivity contribution >= 4 is 34.3 Å². The number of ether oxygens (including phenoxy) is 1. The summed E-state index contributed by atoms with van der Waals surface area (Å²) in [4.78, 5) is 37.8. The van der Waals surface area contributed by atoms with Gasteiger partial charge in [-0.3, -0.25) is 19.8 Å². The molecule has 2 N–H and O–H groups in total. The average molecular weight is 387 g/mol. The van der Waals surface area contributed by atoms with Gasteiger partial charge in [-0.1, -0.05) is 41.7 Å². The lowest BCUT2D eigenvalue weighted by atomic mass is 10.1.